The van der Waals surface area contributed by atoms with Crippen LogP contribution in [-0.4, -0.2) is 0 Å². The molecule has 1 aliphatic carbocycles. The molecule has 1 aliphatic rings. The van der Waals surface area contributed by atoms with Crippen LogP contribution in [-0.2, 0) is 13.0 Å². The van der Waals surface area contributed by atoms with Gasteiger partial charge in [0.25, 0.3) is 0 Å². The Hall–Kier alpha value is -3.04. The minimum absolute atomic E-state index is 0.207. The van der Waals surface area contributed by atoms with Gasteiger partial charge in [0.05, 0.1) is 0 Å². The lowest BCUT2D eigenvalue weighted by Gasteiger charge is -2.09. The first-order valence-electron chi connectivity index (χ1n) is 7.15. The van der Waals surface area contributed by atoms with Gasteiger partial charge in [0.15, 0.2) is 0 Å². The summed E-state index contributed by atoms with van der Waals surface area (Å²) in [5, 5.41) is 18.1. The summed E-state index contributed by atoms with van der Waals surface area (Å²) >= 11 is 0. The Morgan fingerprint density at radius 2 is 1.77 bits per heavy atom. The lowest BCUT2D eigenvalue weighted by Crippen LogP contribution is -1.96. The molecule has 0 N–H and O–H groups in total. The van der Waals surface area contributed by atoms with Crippen molar-refractivity contribution in [3.63, 3.8) is 0 Å². The van der Waals surface area contributed by atoms with Crippen molar-refractivity contribution in [2.24, 2.45) is 0 Å². The first kappa shape index (κ1) is 13.9. The fraction of sp³-hybridized carbons (Fsp3) is 0.158. The maximum atomic E-state index is 9.07. The molecule has 0 aromatic heterocycles. The van der Waals surface area contributed by atoms with Crippen LogP contribution in [0.2, 0.25) is 0 Å². The zero-order valence-corrected chi connectivity index (χ0v) is 12.0. The van der Waals surface area contributed by atoms with Crippen molar-refractivity contribution >= 4 is 5.57 Å². The Balaban J connectivity index is 1.86. The Labute approximate surface area is 129 Å². The molecule has 0 saturated carbocycles. The minimum Gasteiger partial charge on any atom is -0.489 e. The maximum absolute atomic E-state index is 9.07. The third-order valence-electron chi connectivity index (χ3n) is 3.82. The zero-order valence-electron chi connectivity index (χ0n) is 12.0. The SMILES string of the molecule is N#CC(C#N)=C1CCc2ccc(OCc3ccccc3)cc21. The molecule has 2 aromatic rings. The van der Waals surface area contributed by atoms with Gasteiger partial charge in [0, 0.05) is 0 Å². The van der Waals surface area contributed by atoms with Gasteiger partial charge in [-0.25, -0.2) is 0 Å². The number of fused-ring (bicyclic) bond motifs is 1. The summed E-state index contributed by atoms with van der Waals surface area (Å²) in [4.78, 5) is 0. The number of ether oxygens (including phenoxy) is 1. The number of allylic oxidation sites excluding steroid dienone is 2. The van der Waals surface area contributed by atoms with Crippen LogP contribution in [0.4, 0.5) is 0 Å². The molecule has 3 rings (SSSR count). The minimum atomic E-state index is 0.207. The van der Waals surface area contributed by atoms with E-state index in [0.717, 1.165) is 35.3 Å². The Bertz CT molecular complexity index is 792. The standard InChI is InChI=1S/C19H14N2O/c20-11-16(12-21)18-9-7-15-6-8-17(10-19(15)18)22-13-14-4-2-1-3-5-14/h1-6,8,10H,7,9,13H2. The first-order chi connectivity index (χ1) is 10.8. The van der Waals surface area contributed by atoms with Crippen molar-refractivity contribution in [1.82, 2.24) is 0 Å². The normalized spacial score (nSPS) is 12.2. The fourth-order valence-electron chi connectivity index (χ4n) is 2.70. The van der Waals surface area contributed by atoms with E-state index in [0.29, 0.717) is 6.61 Å². The highest BCUT2D eigenvalue weighted by Gasteiger charge is 2.20. The van der Waals surface area contributed by atoms with Crippen LogP contribution in [0.25, 0.3) is 5.57 Å². The van der Waals surface area contributed by atoms with E-state index in [4.69, 9.17) is 15.3 Å². The maximum Gasteiger partial charge on any atom is 0.133 e. The molecule has 0 fully saturated rings. The quantitative estimate of drug-likeness (QED) is 0.801. The molecule has 0 radical (unpaired) electrons. The van der Waals surface area contributed by atoms with Crippen molar-refractivity contribution in [1.29, 1.82) is 10.5 Å². The average molecular weight is 286 g/mol. The van der Waals surface area contributed by atoms with Gasteiger partial charge >= 0.3 is 0 Å². The zero-order chi connectivity index (χ0) is 15.4. The number of rotatable bonds is 3. The lowest BCUT2D eigenvalue weighted by atomic mass is 10.0. The molecule has 0 unspecified atom stereocenters. The third kappa shape index (κ3) is 2.71. The predicted molar refractivity (Wildman–Crippen MR) is 83.7 cm³/mol. The molecule has 2 aromatic carbocycles. The number of nitrogens with zero attached hydrogens (tertiary/aromatic N) is 2. The van der Waals surface area contributed by atoms with Crippen molar-refractivity contribution in [2.75, 3.05) is 0 Å². The Morgan fingerprint density at radius 1 is 1.00 bits per heavy atom. The number of benzene rings is 2. The summed E-state index contributed by atoms with van der Waals surface area (Å²) in [5.41, 5.74) is 4.30. The topological polar surface area (TPSA) is 56.8 Å². The van der Waals surface area contributed by atoms with Crippen molar-refractivity contribution in [2.45, 2.75) is 19.4 Å². The summed E-state index contributed by atoms with van der Waals surface area (Å²) in [6.45, 7) is 0.502. The van der Waals surface area contributed by atoms with E-state index in [1.54, 1.807) is 0 Å². The fourth-order valence-corrected chi connectivity index (χ4v) is 2.70. The van der Waals surface area contributed by atoms with Crippen molar-refractivity contribution in [3.8, 4) is 17.9 Å². The van der Waals surface area contributed by atoms with Crippen LogP contribution < -0.4 is 4.74 Å². The molecule has 3 heteroatoms. The van der Waals surface area contributed by atoms with Crippen molar-refractivity contribution in [3.05, 3.63) is 70.8 Å². The number of hydrogen-bond donors (Lipinski definition) is 0. The van der Waals surface area contributed by atoms with Gasteiger partial charge in [-0.2, -0.15) is 10.5 Å². The van der Waals surface area contributed by atoms with Gasteiger partial charge in [-0.3, -0.25) is 0 Å². The van der Waals surface area contributed by atoms with Gasteiger partial charge < -0.3 is 4.74 Å². The summed E-state index contributed by atoms with van der Waals surface area (Å²) in [6.07, 6.45) is 1.62. The van der Waals surface area contributed by atoms with Crippen LogP contribution >= 0.6 is 0 Å². The molecule has 0 amide bonds. The van der Waals surface area contributed by atoms with Gasteiger partial charge in [-0.15, -0.1) is 0 Å². The molecular weight excluding hydrogens is 272 g/mol. The van der Waals surface area contributed by atoms with E-state index in [-0.39, 0.29) is 5.57 Å². The highest BCUT2D eigenvalue weighted by atomic mass is 16.5. The number of nitriles is 2. The molecule has 0 saturated heterocycles. The van der Waals surface area contributed by atoms with Crippen LogP contribution in [0.3, 0.4) is 0 Å². The molecule has 106 valence electrons. The highest BCUT2D eigenvalue weighted by Crippen LogP contribution is 2.36. The van der Waals surface area contributed by atoms with Crippen LogP contribution in [0.15, 0.2) is 54.1 Å². The van der Waals surface area contributed by atoms with E-state index in [9.17, 15) is 0 Å². The monoisotopic (exact) mass is 286 g/mol. The lowest BCUT2D eigenvalue weighted by molar-refractivity contribution is 0.306. The van der Waals surface area contributed by atoms with Crippen molar-refractivity contribution < 1.29 is 4.74 Å². The molecule has 22 heavy (non-hydrogen) atoms. The second-order valence-electron chi connectivity index (χ2n) is 5.17. The van der Waals surface area contributed by atoms with E-state index in [1.165, 1.54) is 5.56 Å². The van der Waals surface area contributed by atoms with Gasteiger partial charge in [0.1, 0.15) is 30.1 Å². The molecule has 0 heterocycles. The van der Waals surface area contributed by atoms with E-state index in [2.05, 4.69) is 0 Å². The van der Waals surface area contributed by atoms with E-state index >= 15 is 0 Å². The molecule has 0 spiro atoms. The predicted octanol–water partition coefficient (Wildman–Crippen LogP) is 4.01. The molecule has 0 bridgehead atoms. The second kappa shape index (κ2) is 6.16. The Morgan fingerprint density at radius 3 is 2.50 bits per heavy atom. The van der Waals surface area contributed by atoms with Gasteiger partial charge in [0.2, 0.25) is 0 Å². The van der Waals surface area contributed by atoms with Gasteiger partial charge in [-0.1, -0.05) is 36.4 Å². The average Bonchev–Trinajstić information content (AvgIpc) is 2.98. The molecule has 0 atom stereocenters. The summed E-state index contributed by atoms with van der Waals surface area (Å²) in [5.74, 6) is 0.761. The summed E-state index contributed by atoms with van der Waals surface area (Å²) in [6, 6.07) is 19.9. The first-order valence-corrected chi connectivity index (χ1v) is 7.15. The largest absolute Gasteiger partial charge is 0.489 e. The highest BCUT2D eigenvalue weighted by molar-refractivity contribution is 5.80. The smallest absolute Gasteiger partial charge is 0.133 e. The molecule has 0 aliphatic heterocycles. The molecule has 3 nitrogen and oxygen atoms in total. The summed E-state index contributed by atoms with van der Waals surface area (Å²) < 4.78 is 5.82. The second-order valence-corrected chi connectivity index (χ2v) is 5.17. The van der Waals surface area contributed by atoms with E-state index in [1.807, 2.05) is 60.7 Å². The Kier molecular flexibility index (Phi) is 3.90. The summed E-state index contributed by atoms with van der Waals surface area (Å²) in [7, 11) is 0. The van der Waals surface area contributed by atoms with E-state index < -0.39 is 0 Å². The van der Waals surface area contributed by atoms with Gasteiger partial charge in [-0.05, 0) is 47.2 Å². The number of hydrogen-bond acceptors (Lipinski definition) is 3. The van der Waals surface area contributed by atoms with Crippen LogP contribution in [0.5, 0.6) is 5.75 Å². The van der Waals surface area contributed by atoms with Crippen LogP contribution in [0, 0.1) is 22.7 Å². The van der Waals surface area contributed by atoms with Crippen LogP contribution in [0.1, 0.15) is 23.1 Å². The number of aryl methyl sites for hydroxylation is 1. The third-order valence-corrected chi connectivity index (χ3v) is 3.82. The molecular formula is C19H14N2O.